The molecule has 10 heteroatoms. The Balaban J connectivity index is 2.01. The van der Waals surface area contributed by atoms with Crippen LogP contribution in [0.2, 0.25) is 5.02 Å². The second-order valence-corrected chi connectivity index (χ2v) is 6.43. The smallest absolute Gasteiger partial charge is 0.295 e. The van der Waals surface area contributed by atoms with Crippen molar-refractivity contribution in [2.24, 2.45) is 5.10 Å². The van der Waals surface area contributed by atoms with Gasteiger partial charge < -0.3 is 0 Å². The first-order chi connectivity index (χ1) is 13.7. The van der Waals surface area contributed by atoms with Crippen molar-refractivity contribution < 1.29 is 18.0 Å². The number of para-hydroxylation sites is 1. The van der Waals surface area contributed by atoms with E-state index in [2.05, 4.69) is 10.2 Å². The van der Waals surface area contributed by atoms with Gasteiger partial charge in [-0.25, -0.2) is 10.1 Å². The van der Waals surface area contributed by atoms with E-state index in [0.717, 1.165) is 4.68 Å². The maximum atomic E-state index is 13.6. The van der Waals surface area contributed by atoms with Crippen molar-refractivity contribution in [2.75, 3.05) is 0 Å². The highest BCUT2D eigenvalue weighted by molar-refractivity contribution is 6.30. The summed E-state index contributed by atoms with van der Waals surface area (Å²) in [4.78, 5) is 24.7. The second-order valence-electron chi connectivity index (χ2n) is 5.99. The Bertz CT molecular complexity index is 1120. The van der Waals surface area contributed by atoms with Gasteiger partial charge in [0.15, 0.2) is 5.71 Å². The van der Waals surface area contributed by atoms with Crippen LogP contribution < -0.4 is 11.0 Å². The third-order valence-electron chi connectivity index (χ3n) is 3.97. The lowest BCUT2D eigenvalue weighted by atomic mass is 10.1. The number of aryl methyl sites for hydroxylation is 1. The zero-order valence-corrected chi connectivity index (χ0v) is 15.7. The molecule has 0 fully saturated rings. The van der Waals surface area contributed by atoms with Crippen LogP contribution in [0.5, 0.6) is 0 Å². The lowest BCUT2D eigenvalue weighted by Crippen LogP contribution is -2.33. The summed E-state index contributed by atoms with van der Waals surface area (Å²) in [5.41, 5.74) is -0.901. The van der Waals surface area contributed by atoms with Gasteiger partial charge in [0.05, 0.1) is 11.3 Å². The zero-order chi connectivity index (χ0) is 21.2. The third kappa shape index (κ3) is 4.40. The van der Waals surface area contributed by atoms with E-state index < -0.39 is 28.9 Å². The van der Waals surface area contributed by atoms with E-state index in [-0.39, 0.29) is 11.3 Å². The van der Waals surface area contributed by atoms with Gasteiger partial charge in [0.2, 0.25) is 0 Å². The Hall–Kier alpha value is -3.33. The first-order valence-corrected chi connectivity index (χ1v) is 8.64. The Morgan fingerprint density at radius 1 is 1.10 bits per heavy atom. The van der Waals surface area contributed by atoms with Crippen LogP contribution in [-0.4, -0.2) is 27.6 Å². The van der Waals surface area contributed by atoms with Crippen molar-refractivity contribution >= 4 is 23.2 Å². The summed E-state index contributed by atoms with van der Waals surface area (Å²) in [5, 5.41) is 6.19. The number of carbonyl (C=O) groups is 1. The maximum Gasteiger partial charge on any atom is 0.435 e. The second kappa shape index (κ2) is 7.96. The molecular weight excluding hydrogens is 409 g/mol. The van der Waals surface area contributed by atoms with Gasteiger partial charge in [-0.2, -0.15) is 18.3 Å². The van der Waals surface area contributed by atoms with E-state index in [0.29, 0.717) is 10.7 Å². The van der Waals surface area contributed by atoms with Gasteiger partial charge in [0.25, 0.3) is 11.5 Å². The summed E-state index contributed by atoms with van der Waals surface area (Å²) >= 11 is 5.72. The Kier molecular flexibility index (Phi) is 5.60. The maximum absolute atomic E-state index is 13.6. The fraction of sp³-hybridized carbons (Fsp3) is 0.105. The highest BCUT2D eigenvalue weighted by Crippen LogP contribution is 2.23. The third-order valence-corrected chi connectivity index (χ3v) is 4.22. The number of nitrogens with zero attached hydrogens (tertiary/aromatic N) is 2. The number of H-pyrrole nitrogens is 1. The molecule has 0 aliphatic rings. The molecule has 0 atom stereocenters. The number of hydrogen-bond donors (Lipinski definition) is 2. The van der Waals surface area contributed by atoms with E-state index in [4.69, 9.17) is 11.6 Å². The number of rotatable bonds is 4. The Morgan fingerprint density at radius 3 is 2.31 bits per heavy atom. The number of amides is 1. The summed E-state index contributed by atoms with van der Waals surface area (Å²) in [7, 11) is 0. The molecule has 1 amide bonds. The van der Waals surface area contributed by atoms with Crippen LogP contribution in [0.15, 0.2) is 64.5 Å². The number of halogens is 4. The molecule has 1 heterocycles. The van der Waals surface area contributed by atoms with Gasteiger partial charge in [0.1, 0.15) is 0 Å². The van der Waals surface area contributed by atoms with Crippen molar-refractivity contribution in [1.29, 1.82) is 0 Å². The summed E-state index contributed by atoms with van der Waals surface area (Å²) in [6, 6.07) is 13.6. The largest absolute Gasteiger partial charge is 0.435 e. The lowest BCUT2D eigenvalue weighted by molar-refractivity contribution is -0.0584. The molecule has 0 saturated carbocycles. The van der Waals surface area contributed by atoms with Gasteiger partial charge in [-0.1, -0.05) is 29.8 Å². The number of aromatic amines is 1. The Morgan fingerprint density at radius 2 is 1.72 bits per heavy atom. The topological polar surface area (TPSA) is 79.2 Å². The fourth-order valence-electron chi connectivity index (χ4n) is 2.62. The Labute approximate surface area is 167 Å². The van der Waals surface area contributed by atoms with Crippen LogP contribution in [0.3, 0.4) is 0 Å². The molecule has 0 saturated heterocycles. The SMILES string of the molecule is Cc1[nH]n(-c2ccccc2)c(=O)c1/C(=N\NC(=O)c1ccc(Cl)cc1)C(F)(F)F. The summed E-state index contributed by atoms with van der Waals surface area (Å²) < 4.78 is 41.8. The number of hydrazone groups is 1. The highest BCUT2D eigenvalue weighted by Gasteiger charge is 2.41. The van der Waals surface area contributed by atoms with Crippen LogP contribution in [0.4, 0.5) is 13.2 Å². The van der Waals surface area contributed by atoms with Crippen molar-refractivity contribution in [1.82, 2.24) is 15.2 Å². The molecule has 0 radical (unpaired) electrons. The number of benzene rings is 2. The van der Waals surface area contributed by atoms with E-state index in [1.165, 1.54) is 31.2 Å². The molecule has 0 aliphatic heterocycles. The number of aromatic nitrogens is 2. The first kappa shape index (κ1) is 20.4. The number of nitrogens with one attached hydrogen (secondary N) is 2. The molecule has 1 aromatic heterocycles. The van der Waals surface area contributed by atoms with Gasteiger partial charge in [0, 0.05) is 16.3 Å². The standard InChI is InChI=1S/C19H14ClF3N4O2/c1-11-15(18(29)27(26-11)14-5-3-2-4-6-14)16(19(21,22)23)24-25-17(28)12-7-9-13(20)10-8-12/h2-10,26H,1H3,(H,25,28)/b24-16+. The molecule has 6 nitrogen and oxygen atoms in total. The molecule has 0 spiro atoms. The van der Waals surface area contributed by atoms with E-state index in [9.17, 15) is 22.8 Å². The monoisotopic (exact) mass is 422 g/mol. The van der Waals surface area contributed by atoms with Crippen molar-refractivity contribution in [3.63, 3.8) is 0 Å². The predicted octanol–water partition coefficient (Wildman–Crippen LogP) is 3.82. The number of hydrogen-bond acceptors (Lipinski definition) is 3. The predicted molar refractivity (Wildman–Crippen MR) is 103 cm³/mol. The molecule has 2 N–H and O–H groups in total. The molecule has 29 heavy (non-hydrogen) atoms. The normalized spacial score (nSPS) is 12.1. The number of carbonyl (C=O) groups excluding carboxylic acids is 1. The summed E-state index contributed by atoms with van der Waals surface area (Å²) in [6.07, 6.45) is -4.98. The molecule has 3 aromatic rings. The van der Waals surface area contributed by atoms with Crippen LogP contribution in [-0.2, 0) is 0 Å². The molecular formula is C19H14ClF3N4O2. The average Bonchev–Trinajstić information content (AvgIpc) is 2.97. The highest BCUT2D eigenvalue weighted by atomic mass is 35.5. The van der Waals surface area contributed by atoms with Crippen molar-refractivity contribution in [3.8, 4) is 5.69 Å². The summed E-state index contributed by atoms with van der Waals surface area (Å²) in [6.45, 7) is 1.32. The van der Waals surface area contributed by atoms with E-state index >= 15 is 0 Å². The lowest BCUT2D eigenvalue weighted by Gasteiger charge is -2.09. The number of alkyl halides is 3. The van der Waals surface area contributed by atoms with E-state index in [1.54, 1.807) is 30.3 Å². The summed E-state index contributed by atoms with van der Waals surface area (Å²) in [5.74, 6) is -0.875. The molecule has 0 unspecified atom stereocenters. The van der Waals surface area contributed by atoms with Gasteiger partial charge in [-0.15, -0.1) is 0 Å². The van der Waals surface area contributed by atoms with Gasteiger partial charge >= 0.3 is 6.18 Å². The fourth-order valence-corrected chi connectivity index (χ4v) is 2.74. The van der Waals surface area contributed by atoms with Crippen molar-refractivity contribution in [3.05, 3.63) is 86.8 Å². The quantitative estimate of drug-likeness (QED) is 0.495. The molecule has 0 bridgehead atoms. The molecule has 2 aromatic carbocycles. The molecule has 0 aliphatic carbocycles. The average molecular weight is 423 g/mol. The van der Waals surface area contributed by atoms with Crippen LogP contribution >= 0.6 is 11.6 Å². The van der Waals surface area contributed by atoms with Gasteiger partial charge in [-0.3, -0.25) is 14.7 Å². The van der Waals surface area contributed by atoms with Crippen LogP contribution in [0.25, 0.3) is 5.69 Å². The zero-order valence-electron chi connectivity index (χ0n) is 14.9. The minimum Gasteiger partial charge on any atom is -0.295 e. The minimum atomic E-state index is -4.98. The van der Waals surface area contributed by atoms with Crippen molar-refractivity contribution in [2.45, 2.75) is 13.1 Å². The van der Waals surface area contributed by atoms with E-state index in [1.807, 2.05) is 5.43 Å². The van der Waals surface area contributed by atoms with Crippen LogP contribution in [0.1, 0.15) is 21.6 Å². The molecule has 3 rings (SSSR count). The molecule has 150 valence electrons. The minimum absolute atomic E-state index is 0.0457. The van der Waals surface area contributed by atoms with Crippen LogP contribution in [0, 0.1) is 6.92 Å². The first-order valence-electron chi connectivity index (χ1n) is 8.26. The van der Waals surface area contributed by atoms with Gasteiger partial charge in [-0.05, 0) is 43.3 Å².